The highest BCUT2D eigenvalue weighted by Crippen LogP contribution is 2.26. The van der Waals surface area contributed by atoms with Crippen LogP contribution in [-0.4, -0.2) is 36.2 Å². The predicted molar refractivity (Wildman–Crippen MR) is 102 cm³/mol. The van der Waals surface area contributed by atoms with E-state index < -0.39 is 36.3 Å². The van der Waals surface area contributed by atoms with E-state index in [0.29, 0.717) is 16.3 Å². The van der Waals surface area contributed by atoms with Gasteiger partial charge in [0.25, 0.3) is 5.91 Å². The van der Waals surface area contributed by atoms with Crippen LogP contribution >= 0.6 is 11.8 Å². The number of hydrogen-bond donors (Lipinski definition) is 2. The average molecular weight is 406 g/mol. The number of hydrogen-bond acceptors (Lipinski definition) is 6. The summed E-state index contributed by atoms with van der Waals surface area (Å²) in [6.45, 7) is 0.949. The molecular weight excluding hydrogens is 387 g/mol. The van der Waals surface area contributed by atoms with E-state index >= 15 is 0 Å². The highest BCUT2D eigenvalue weighted by atomic mass is 32.2. The normalized spacial score (nSPS) is 11.4. The lowest BCUT2D eigenvalue weighted by Gasteiger charge is -2.14. The van der Waals surface area contributed by atoms with E-state index in [4.69, 9.17) is 15.2 Å². The average Bonchev–Trinajstić information content (AvgIpc) is 2.67. The van der Waals surface area contributed by atoms with E-state index in [-0.39, 0.29) is 5.75 Å². The Morgan fingerprint density at radius 3 is 2.50 bits per heavy atom. The highest BCUT2D eigenvalue weighted by Gasteiger charge is 2.18. The lowest BCUT2D eigenvalue weighted by molar-refractivity contribution is -0.153. The molecule has 2 amide bonds. The Balaban J connectivity index is 1.84. The molecule has 0 saturated carbocycles. The molecule has 0 fully saturated rings. The summed E-state index contributed by atoms with van der Waals surface area (Å²) in [6, 6.07) is 12.0. The molecule has 0 radical (unpaired) electrons. The lowest BCUT2D eigenvalue weighted by atomic mass is 10.3. The number of halogens is 1. The summed E-state index contributed by atoms with van der Waals surface area (Å²) in [6.07, 6.45) is -0.975. The number of benzene rings is 2. The number of ether oxygens (including phenoxy) is 2. The molecule has 0 bridgehead atoms. The van der Waals surface area contributed by atoms with Crippen molar-refractivity contribution in [3.05, 3.63) is 54.3 Å². The van der Waals surface area contributed by atoms with Gasteiger partial charge < -0.3 is 20.5 Å². The maximum atomic E-state index is 12.9. The van der Waals surface area contributed by atoms with Crippen LogP contribution in [0.2, 0.25) is 0 Å². The number of amides is 2. The van der Waals surface area contributed by atoms with Gasteiger partial charge in [0.05, 0.1) is 11.4 Å². The van der Waals surface area contributed by atoms with Gasteiger partial charge in [-0.25, -0.2) is 9.18 Å². The molecule has 0 saturated heterocycles. The SMILES string of the molecule is C[C@@H](Oc1ccc(F)cc1)C(=O)OCC(=O)Nc1ccccc1SCC(N)=O. The van der Waals surface area contributed by atoms with Crippen molar-refractivity contribution in [2.24, 2.45) is 5.73 Å². The Kier molecular flexibility index (Phi) is 7.82. The second-order valence-electron chi connectivity index (χ2n) is 5.62. The molecule has 0 unspecified atom stereocenters. The second kappa shape index (κ2) is 10.3. The first-order valence-electron chi connectivity index (χ1n) is 8.24. The Labute approximate surface area is 165 Å². The van der Waals surface area contributed by atoms with Crippen LogP contribution in [-0.2, 0) is 19.1 Å². The number of rotatable bonds is 9. The van der Waals surface area contributed by atoms with E-state index in [1.807, 2.05) is 0 Å². The van der Waals surface area contributed by atoms with Crippen molar-refractivity contribution < 1.29 is 28.2 Å². The summed E-state index contributed by atoms with van der Waals surface area (Å²) in [7, 11) is 0. The van der Waals surface area contributed by atoms with E-state index in [0.717, 1.165) is 0 Å². The van der Waals surface area contributed by atoms with Crippen molar-refractivity contribution in [1.82, 2.24) is 0 Å². The number of esters is 1. The number of anilines is 1. The minimum atomic E-state index is -0.975. The van der Waals surface area contributed by atoms with Crippen LogP contribution in [0.25, 0.3) is 0 Å². The van der Waals surface area contributed by atoms with Gasteiger partial charge in [-0.3, -0.25) is 9.59 Å². The molecule has 0 spiro atoms. The molecular formula is C19H19FN2O5S. The first kappa shape index (κ1) is 21.2. The zero-order valence-electron chi connectivity index (χ0n) is 15.0. The molecule has 0 aromatic heterocycles. The zero-order valence-corrected chi connectivity index (χ0v) is 15.8. The molecule has 0 heterocycles. The first-order chi connectivity index (χ1) is 13.3. The van der Waals surface area contributed by atoms with Gasteiger partial charge in [0.2, 0.25) is 5.91 Å². The Bertz CT molecular complexity index is 844. The van der Waals surface area contributed by atoms with Crippen molar-refractivity contribution in [2.45, 2.75) is 17.9 Å². The summed E-state index contributed by atoms with van der Waals surface area (Å²) in [4.78, 5) is 35.6. The fraction of sp³-hybridized carbons (Fsp3) is 0.211. The monoisotopic (exact) mass is 406 g/mol. The number of thioether (sulfide) groups is 1. The molecule has 0 aliphatic heterocycles. The molecule has 2 aromatic rings. The lowest BCUT2D eigenvalue weighted by Crippen LogP contribution is -2.29. The number of carbonyl (C=O) groups is 3. The van der Waals surface area contributed by atoms with Crippen LogP contribution in [0.4, 0.5) is 10.1 Å². The zero-order chi connectivity index (χ0) is 20.5. The second-order valence-corrected chi connectivity index (χ2v) is 6.64. The number of carbonyl (C=O) groups excluding carboxylic acids is 3. The van der Waals surface area contributed by atoms with Crippen LogP contribution < -0.4 is 15.8 Å². The molecule has 3 N–H and O–H groups in total. The summed E-state index contributed by atoms with van der Waals surface area (Å²) in [5, 5.41) is 2.61. The molecule has 2 aromatic carbocycles. The minimum absolute atomic E-state index is 0.0696. The van der Waals surface area contributed by atoms with Crippen LogP contribution in [0.3, 0.4) is 0 Å². The fourth-order valence-corrected chi connectivity index (χ4v) is 2.80. The number of nitrogens with one attached hydrogen (secondary N) is 1. The molecule has 2 rings (SSSR count). The largest absolute Gasteiger partial charge is 0.479 e. The van der Waals surface area contributed by atoms with Crippen molar-refractivity contribution in [2.75, 3.05) is 17.7 Å². The highest BCUT2D eigenvalue weighted by molar-refractivity contribution is 8.00. The van der Waals surface area contributed by atoms with Gasteiger partial charge in [-0.05, 0) is 43.3 Å². The predicted octanol–water partition coefficient (Wildman–Crippen LogP) is 2.35. The molecule has 148 valence electrons. The van der Waals surface area contributed by atoms with Crippen molar-refractivity contribution in [3.63, 3.8) is 0 Å². The first-order valence-corrected chi connectivity index (χ1v) is 9.22. The summed E-state index contributed by atoms with van der Waals surface area (Å²) in [5.74, 6) is -1.81. The number of primary amides is 1. The minimum Gasteiger partial charge on any atom is -0.479 e. The van der Waals surface area contributed by atoms with Crippen molar-refractivity contribution in [3.8, 4) is 5.75 Å². The molecule has 7 nitrogen and oxygen atoms in total. The maximum absolute atomic E-state index is 12.9. The summed E-state index contributed by atoms with van der Waals surface area (Å²) < 4.78 is 23.1. The third-order valence-electron chi connectivity index (χ3n) is 3.34. The topological polar surface area (TPSA) is 108 Å². The van der Waals surface area contributed by atoms with E-state index in [9.17, 15) is 18.8 Å². The Morgan fingerprint density at radius 2 is 1.82 bits per heavy atom. The van der Waals surface area contributed by atoms with Crippen LogP contribution in [0.5, 0.6) is 5.75 Å². The van der Waals surface area contributed by atoms with Gasteiger partial charge >= 0.3 is 5.97 Å². The van der Waals surface area contributed by atoms with Crippen molar-refractivity contribution >= 4 is 35.2 Å². The Hall–Kier alpha value is -3.07. The number of nitrogens with two attached hydrogens (primary N) is 1. The van der Waals surface area contributed by atoms with Crippen LogP contribution in [0.1, 0.15) is 6.92 Å². The smallest absolute Gasteiger partial charge is 0.347 e. The van der Waals surface area contributed by atoms with Gasteiger partial charge in [0, 0.05) is 4.90 Å². The number of para-hydroxylation sites is 1. The van der Waals surface area contributed by atoms with Gasteiger partial charge in [-0.1, -0.05) is 12.1 Å². The van der Waals surface area contributed by atoms with Gasteiger partial charge in [-0.15, -0.1) is 11.8 Å². The van der Waals surface area contributed by atoms with Gasteiger partial charge in [-0.2, -0.15) is 0 Å². The van der Waals surface area contributed by atoms with Crippen molar-refractivity contribution in [1.29, 1.82) is 0 Å². The van der Waals surface area contributed by atoms with E-state index in [2.05, 4.69) is 5.32 Å². The van der Waals surface area contributed by atoms with Gasteiger partial charge in [0.1, 0.15) is 11.6 Å². The van der Waals surface area contributed by atoms with E-state index in [1.54, 1.807) is 24.3 Å². The molecule has 1 atom stereocenters. The summed E-state index contributed by atoms with van der Waals surface area (Å²) >= 11 is 1.18. The van der Waals surface area contributed by atoms with Gasteiger partial charge in [0.15, 0.2) is 12.7 Å². The fourth-order valence-electron chi connectivity index (χ4n) is 2.05. The van der Waals surface area contributed by atoms with E-state index in [1.165, 1.54) is 43.0 Å². The summed E-state index contributed by atoms with van der Waals surface area (Å²) in [5.41, 5.74) is 5.61. The molecule has 28 heavy (non-hydrogen) atoms. The van der Waals surface area contributed by atoms with Crippen LogP contribution in [0.15, 0.2) is 53.4 Å². The quantitative estimate of drug-likeness (QED) is 0.489. The maximum Gasteiger partial charge on any atom is 0.347 e. The standard InChI is InChI=1S/C19H19FN2O5S/c1-12(27-14-8-6-13(20)7-9-14)19(25)26-10-18(24)22-15-4-2-3-5-16(15)28-11-17(21)23/h2-9,12H,10-11H2,1H3,(H2,21,23)(H,22,24)/t12-/m1/s1. The Morgan fingerprint density at radius 1 is 1.14 bits per heavy atom. The third kappa shape index (κ3) is 6.92. The molecule has 0 aliphatic rings. The van der Waals surface area contributed by atoms with Crippen LogP contribution in [0, 0.1) is 5.82 Å². The molecule has 0 aliphatic carbocycles. The molecule has 9 heteroatoms. The third-order valence-corrected chi connectivity index (χ3v) is 4.43.